The van der Waals surface area contributed by atoms with E-state index in [2.05, 4.69) is 0 Å². The number of nitrogens with zero attached hydrogens (tertiary/aromatic N) is 2. The minimum atomic E-state index is -0.579. The molecule has 0 unspecified atom stereocenters. The number of hydrogen-bond acceptors (Lipinski definition) is 6. The van der Waals surface area contributed by atoms with Gasteiger partial charge in [0.25, 0.3) is 0 Å². The Labute approximate surface area is 191 Å². The van der Waals surface area contributed by atoms with Gasteiger partial charge in [-0.1, -0.05) is 62.8 Å². The highest BCUT2D eigenvalue weighted by Gasteiger charge is 2.04. The van der Waals surface area contributed by atoms with Crippen LogP contribution in [0.2, 0.25) is 0 Å². The smallest absolute Gasteiger partial charge is 0.119 e. The van der Waals surface area contributed by atoms with Crippen LogP contribution in [0.1, 0.15) is 74.6 Å². The van der Waals surface area contributed by atoms with E-state index < -0.39 is 12.1 Å². The zero-order chi connectivity index (χ0) is 23.0. The first kappa shape index (κ1) is 25.2. The van der Waals surface area contributed by atoms with Crippen molar-refractivity contribution in [1.82, 2.24) is 0 Å². The van der Waals surface area contributed by atoms with Crippen molar-refractivity contribution in [2.75, 3.05) is 13.2 Å². The van der Waals surface area contributed by atoms with E-state index in [-0.39, 0.29) is 0 Å². The molecule has 0 aliphatic heterocycles. The lowest BCUT2D eigenvalue weighted by atomic mass is 10.1. The summed E-state index contributed by atoms with van der Waals surface area (Å²) in [4.78, 5) is 0. The normalized spacial score (nSPS) is 12.4. The summed E-state index contributed by atoms with van der Waals surface area (Å²) in [7, 11) is 0. The van der Waals surface area contributed by atoms with Crippen molar-refractivity contribution < 1.29 is 9.47 Å². The van der Waals surface area contributed by atoms with Crippen molar-refractivity contribution in [1.29, 1.82) is 10.5 Å². The van der Waals surface area contributed by atoms with Crippen LogP contribution in [0.15, 0.2) is 48.5 Å². The van der Waals surface area contributed by atoms with Gasteiger partial charge in [0.1, 0.15) is 23.6 Å². The summed E-state index contributed by atoms with van der Waals surface area (Å²) in [5, 5.41) is 17.6. The van der Waals surface area contributed by atoms with Crippen LogP contribution in [0.4, 0.5) is 0 Å². The van der Waals surface area contributed by atoms with Gasteiger partial charge in [-0.3, -0.25) is 0 Å². The first-order chi connectivity index (χ1) is 15.6. The van der Waals surface area contributed by atoms with Gasteiger partial charge in [-0.25, -0.2) is 0 Å². The van der Waals surface area contributed by atoms with Crippen LogP contribution in [0.25, 0.3) is 0 Å². The van der Waals surface area contributed by atoms with Crippen LogP contribution in [0.5, 0.6) is 11.5 Å². The lowest BCUT2D eigenvalue weighted by molar-refractivity contribution is 0.301. The molecule has 0 aliphatic rings. The summed E-state index contributed by atoms with van der Waals surface area (Å²) in [6.45, 7) is 1.43. The zero-order valence-corrected chi connectivity index (χ0v) is 18.7. The van der Waals surface area contributed by atoms with Gasteiger partial charge >= 0.3 is 0 Å². The maximum Gasteiger partial charge on any atom is 0.119 e. The number of unbranched alkanes of at least 4 members (excludes halogenated alkanes) is 7. The fourth-order valence-corrected chi connectivity index (χ4v) is 3.34. The second kappa shape index (κ2) is 14.9. The molecule has 2 aromatic rings. The van der Waals surface area contributed by atoms with Gasteiger partial charge in [-0.05, 0) is 48.2 Å². The Morgan fingerprint density at radius 2 is 0.875 bits per heavy atom. The first-order valence-corrected chi connectivity index (χ1v) is 11.4. The molecule has 0 amide bonds. The molecule has 170 valence electrons. The van der Waals surface area contributed by atoms with E-state index >= 15 is 0 Å². The van der Waals surface area contributed by atoms with E-state index in [1.54, 1.807) is 0 Å². The highest BCUT2D eigenvalue weighted by atomic mass is 16.5. The SMILES string of the molecule is N#C[C@@H](N)c1ccc(OCCCCCCCCCCOc2ccc([C@@H](N)C#N)cc2)cc1. The summed E-state index contributed by atoms with van der Waals surface area (Å²) >= 11 is 0. The summed E-state index contributed by atoms with van der Waals surface area (Å²) in [6, 6.07) is 17.7. The lowest BCUT2D eigenvalue weighted by Crippen LogP contribution is -2.07. The van der Waals surface area contributed by atoms with E-state index in [1.807, 2.05) is 60.7 Å². The molecule has 4 N–H and O–H groups in total. The summed E-state index contributed by atoms with van der Waals surface area (Å²) in [5.74, 6) is 1.64. The third-order valence-corrected chi connectivity index (χ3v) is 5.33. The molecular formula is C26H34N4O2. The van der Waals surface area contributed by atoms with Gasteiger partial charge in [-0.2, -0.15) is 10.5 Å². The molecule has 0 radical (unpaired) electrons. The molecular weight excluding hydrogens is 400 g/mol. The van der Waals surface area contributed by atoms with Gasteiger partial charge in [0.15, 0.2) is 0 Å². The molecule has 0 fully saturated rings. The molecule has 2 aromatic carbocycles. The molecule has 0 aromatic heterocycles. The zero-order valence-electron chi connectivity index (χ0n) is 18.7. The predicted octanol–water partition coefficient (Wildman–Crippen LogP) is 5.31. The van der Waals surface area contributed by atoms with Gasteiger partial charge in [0.2, 0.25) is 0 Å². The van der Waals surface area contributed by atoms with E-state index in [4.69, 9.17) is 31.5 Å². The van der Waals surface area contributed by atoms with Crippen molar-refractivity contribution >= 4 is 0 Å². The highest BCUT2D eigenvalue weighted by Crippen LogP contribution is 2.18. The Hall–Kier alpha value is -3.06. The van der Waals surface area contributed by atoms with Gasteiger partial charge in [0.05, 0.1) is 25.4 Å². The Morgan fingerprint density at radius 1 is 0.562 bits per heavy atom. The van der Waals surface area contributed by atoms with Gasteiger partial charge < -0.3 is 20.9 Å². The quantitative estimate of drug-likeness (QED) is 0.367. The second-order valence-electron chi connectivity index (χ2n) is 7.88. The molecule has 6 nitrogen and oxygen atoms in total. The Balaban J connectivity index is 1.41. The average Bonchev–Trinajstić information content (AvgIpc) is 2.84. The van der Waals surface area contributed by atoms with Gasteiger partial charge in [-0.15, -0.1) is 0 Å². The lowest BCUT2D eigenvalue weighted by Gasteiger charge is -2.08. The maximum absolute atomic E-state index is 8.82. The van der Waals surface area contributed by atoms with Crippen LogP contribution in [0.3, 0.4) is 0 Å². The summed E-state index contributed by atoms with van der Waals surface area (Å²) in [5.41, 5.74) is 13.0. The molecule has 32 heavy (non-hydrogen) atoms. The molecule has 0 heterocycles. The molecule has 0 bridgehead atoms. The second-order valence-corrected chi connectivity index (χ2v) is 7.88. The Bertz CT molecular complexity index is 780. The van der Waals surface area contributed by atoms with E-state index in [0.717, 1.165) is 35.5 Å². The van der Waals surface area contributed by atoms with Crippen molar-refractivity contribution in [3.63, 3.8) is 0 Å². The van der Waals surface area contributed by atoms with Crippen LogP contribution >= 0.6 is 0 Å². The predicted molar refractivity (Wildman–Crippen MR) is 126 cm³/mol. The molecule has 6 heteroatoms. The maximum atomic E-state index is 8.82. The molecule has 2 rings (SSSR count). The van der Waals surface area contributed by atoms with E-state index in [0.29, 0.717) is 13.2 Å². The first-order valence-electron chi connectivity index (χ1n) is 11.4. The van der Waals surface area contributed by atoms with Gasteiger partial charge in [0, 0.05) is 0 Å². The third-order valence-electron chi connectivity index (χ3n) is 5.33. The molecule has 0 saturated heterocycles. The molecule has 0 spiro atoms. The topological polar surface area (TPSA) is 118 Å². The van der Waals surface area contributed by atoms with E-state index in [9.17, 15) is 0 Å². The average molecular weight is 435 g/mol. The van der Waals surface area contributed by atoms with Crippen molar-refractivity contribution in [2.45, 2.75) is 63.5 Å². The number of hydrogen-bond donors (Lipinski definition) is 2. The standard InChI is InChI=1S/C26H34N4O2/c27-19-25(29)21-9-13-23(14-10-21)31-17-7-5-3-1-2-4-6-8-18-32-24-15-11-22(12-16-24)26(30)20-28/h9-16,25-26H,1-8,17-18,29-30H2/t25-,26+. The minimum Gasteiger partial charge on any atom is -0.494 e. The number of nitrogens with two attached hydrogens (primary N) is 2. The monoisotopic (exact) mass is 434 g/mol. The Kier molecular flexibility index (Phi) is 11.7. The largest absolute Gasteiger partial charge is 0.494 e. The number of rotatable bonds is 15. The fraction of sp³-hybridized carbons (Fsp3) is 0.462. The van der Waals surface area contributed by atoms with Crippen molar-refractivity contribution in [3.8, 4) is 23.6 Å². The summed E-state index contributed by atoms with van der Waals surface area (Å²) in [6.07, 6.45) is 9.40. The number of ether oxygens (including phenoxy) is 2. The summed E-state index contributed by atoms with van der Waals surface area (Å²) < 4.78 is 11.5. The Morgan fingerprint density at radius 3 is 1.19 bits per heavy atom. The minimum absolute atomic E-state index is 0.579. The van der Waals surface area contributed by atoms with Crippen LogP contribution < -0.4 is 20.9 Å². The molecule has 0 saturated carbocycles. The van der Waals surface area contributed by atoms with E-state index in [1.165, 1.54) is 38.5 Å². The highest BCUT2D eigenvalue weighted by molar-refractivity contribution is 5.32. The fourth-order valence-electron chi connectivity index (χ4n) is 3.34. The van der Waals surface area contributed by atoms with Crippen molar-refractivity contribution in [2.24, 2.45) is 11.5 Å². The van der Waals surface area contributed by atoms with Crippen LogP contribution in [0, 0.1) is 22.7 Å². The van der Waals surface area contributed by atoms with Crippen LogP contribution in [-0.4, -0.2) is 13.2 Å². The number of benzene rings is 2. The molecule has 0 aliphatic carbocycles. The number of nitriles is 2. The third kappa shape index (κ3) is 9.39. The van der Waals surface area contributed by atoms with Crippen LogP contribution in [-0.2, 0) is 0 Å². The van der Waals surface area contributed by atoms with Crippen molar-refractivity contribution in [3.05, 3.63) is 59.7 Å². The molecule has 2 atom stereocenters.